The van der Waals surface area contributed by atoms with E-state index in [1.165, 1.54) is 5.56 Å². The molecule has 6 nitrogen and oxygen atoms in total. The fraction of sp³-hybridized carbons (Fsp3) is 0.263. The van der Waals surface area contributed by atoms with Crippen LogP contribution >= 0.6 is 0 Å². The highest BCUT2D eigenvalue weighted by Gasteiger charge is 2.34. The van der Waals surface area contributed by atoms with Gasteiger partial charge in [-0.2, -0.15) is 0 Å². The zero-order valence-electron chi connectivity index (χ0n) is 13.7. The number of carbonyl (C=O) groups is 1. The van der Waals surface area contributed by atoms with Gasteiger partial charge in [0.25, 0.3) is 5.91 Å². The van der Waals surface area contributed by atoms with Gasteiger partial charge in [0.1, 0.15) is 12.4 Å². The summed E-state index contributed by atoms with van der Waals surface area (Å²) in [6.45, 7) is 1.01. The smallest absolute Gasteiger partial charge is 0.254 e. The van der Waals surface area contributed by atoms with Gasteiger partial charge in [-0.05, 0) is 23.8 Å². The highest BCUT2D eigenvalue weighted by Crippen LogP contribution is 2.27. The van der Waals surface area contributed by atoms with Crippen LogP contribution in [0.4, 0.5) is 0 Å². The first-order valence-electron chi connectivity index (χ1n) is 8.35. The van der Waals surface area contributed by atoms with Crippen molar-refractivity contribution in [2.24, 2.45) is 5.73 Å². The van der Waals surface area contributed by atoms with Crippen molar-refractivity contribution in [3.05, 3.63) is 65.5 Å². The molecule has 0 unspecified atom stereocenters. The molecule has 0 radical (unpaired) electrons. The summed E-state index contributed by atoms with van der Waals surface area (Å²) in [6.07, 6.45) is 0. The minimum absolute atomic E-state index is 0.0315. The Morgan fingerprint density at radius 2 is 2.04 bits per heavy atom. The fourth-order valence-corrected chi connectivity index (χ4v) is 3.50. The summed E-state index contributed by atoms with van der Waals surface area (Å²) in [5, 5.41) is 9.17. The van der Waals surface area contributed by atoms with E-state index in [2.05, 4.69) is 22.1 Å². The van der Waals surface area contributed by atoms with Crippen LogP contribution in [0.5, 0.6) is 0 Å². The van der Waals surface area contributed by atoms with Gasteiger partial charge in [0.2, 0.25) is 0 Å². The number of nitrogens with zero attached hydrogens (tertiary/aromatic N) is 2. The predicted molar refractivity (Wildman–Crippen MR) is 95.1 cm³/mol. The molecular formula is C19H20N4O2. The molecule has 1 amide bonds. The van der Waals surface area contributed by atoms with Crippen LogP contribution < -0.4 is 5.73 Å². The summed E-state index contributed by atoms with van der Waals surface area (Å²) in [5.41, 5.74) is 9.54. The van der Waals surface area contributed by atoms with E-state index in [9.17, 15) is 9.90 Å². The Kier molecular flexibility index (Phi) is 3.99. The zero-order valence-corrected chi connectivity index (χ0v) is 13.7. The first-order valence-corrected chi connectivity index (χ1v) is 8.35. The number of aromatic nitrogens is 2. The van der Waals surface area contributed by atoms with Crippen LogP contribution in [0.1, 0.15) is 27.7 Å². The van der Waals surface area contributed by atoms with Crippen molar-refractivity contribution in [3.8, 4) is 0 Å². The lowest BCUT2D eigenvalue weighted by Gasteiger charge is -2.16. The number of aliphatic hydroxyl groups is 1. The molecule has 0 aliphatic carbocycles. The number of imidazole rings is 1. The van der Waals surface area contributed by atoms with Crippen LogP contribution in [0.3, 0.4) is 0 Å². The lowest BCUT2D eigenvalue weighted by molar-refractivity contribution is 0.0789. The van der Waals surface area contributed by atoms with E-state index in [4.69, 9.17) is 5.73 Å². The quantitative estimate of drug-likeness (QED) is 0.677. The Balaban J connectivity index is 1.57. The summed E-state index contributed by atoms with van der Waals surface area (Å²) in [5.74, 6) is 0.616. The second-order valence-electron chi connectivity index (χ2n) is 6.46. The second kappa shape index (κ2) is 6.31. The summed E-state index contributed by atoms with van der Waals surface area (Å²) in [6, 6.07) is 15.4. The number of benzene rings is 2. The molecule has 0 spiro atoms. The minimum Gasteiger partial charge on any atom is -0.388 e. The van der Waals surface area contributed by atoms with Crippen molar-refractivity contribution in [3.63, 3.8) is 0 Å². The predicted octanol–water partition coefficient (Wildman–Crippen LogP) is 1.62. The largest absolute Gasteiger partial charge is 0.388 e. The van der Waals surface area contributed by atoms with Crippen molar-refractivity contribution in [2.75, 3.05) is 13.1 Å². The molecule has 4 N–H and O–H groups in total. The van der Waals surface area contributed by atoms with Crippen LogP contribution in [-0.4, -0.2) is 45.0 Å². The topological polar surface area (TPSA) is 95.2 Å². The number of hydrogen-bond acceptors (Lipinski definition) is 4. The van der Waals surface area contributed by atoms with E-state index in [-0.39, 0.29) is 24.5 Å². The first kappa shape index (κ1) is 15.8. The third-order valence-corrected chi connectivity index (χ3v) is 4.81. The zero-order chi connectivity index (χ0) is 17.4. The van der Waals surface area contributed by atoms with Crippen LogP contribution in [0, 0.1) is 0 Å². The maximum atomic E-state index is 12.9. The van der Waals surface area contributed by atoms with Gasteiger partial charge in [-0.1, -0.05) is 30.3 Å². The van der Waals surface area contributed by atoms with Gasteiger partial charge in [0, 0.05) is 30.6 Å². The highest BCUT2D eigenvalue weighted by molar-refractivity contribution is 5.97. The summed E-state index contributed by atoms with van der Waals surface area (Å²) >= 11 is 0. The third kappa shape index (κ3) is 2.90. The van der Waals surface area contributed by atoms with Crippen molar-refractivity contribution in [2.45, 2.75) is 18.6 Å². The SMILES string of the molecule is N[C@H]1CN(C(=O)c2ccc3nc(CO)[nH]c3c2)C[C@@H]1c1ccccc1. The third-order valence-electron chi connectivity index (χ3n) is 4.81. The van der Waals surface area contributed by atoms with Crippen molar-refractivity contribution < 1.29 is 9.90 Å². The average Bonchev–Trinajstić information content (AvgIpc) is 3.24. The Hall–Kier alpha value is -2.70. The van der Waals surface area contributed by atoms with E-state index in [1.807, 2.05) is 23.1 Å². The number of rotatable bonds is 3. The molecule has 2 aromatic carbocycles. The lowest BCUT2D eigenvalue weighted by atomic mass is 9.95. The van der Waals surface area contributed by atoms with E-state index >= 15 is 0 Å². The van der Waals surface area contributed by atoms with Gasteiger partial charge in [-0.3, -0.25) is 4.79 Å². The molecule has 0 saturated carbocycles. The molecule has 1 aliphatic heterocycles. The number of likely N-dealkylation sites (tertiary alicyclic amines) is 1. The Morgan fingerprint density at radius 3 is 2.80 bits per heavy atom. The summed E-state index contributed by atoms with van der Waals surface area (Å²) in [4.78, 5) is 21.9. The van der Waals surface area contributed by atoms with Crippen LogP contribution in [0.15, 0.2) is 48.5 Å². The van der Waals surface area contributed by atoms with Gasteiger partial charge in [0.15, 0.2) is 0 Å². The normalized spacial score (nSPS) is 20.3. The molecule has 1 aromatic heterocycles. The molecule has 2 atom stereocenters. The Labute approximate surface area is 145 Å². The number of nitrogens with two attached hydrogens (primary N) is 1. The second-order valence-corrected chi connectivity index (χ2v) is 6.46. The molecule has 6 heteroatoms. The van der Waals surface area contributed by atoms with E-state index < -0.39 is 0 Å². The highest BCUT2D eigenvalue weighted by atomic mass is 16.3. The number of nitrogens with one attached hydrogen (secondary N) is 1. The summed E-state index contributed by atoms with van der Waals surface area (Å²) < 4.78 is 0. The van der Waals surface area contributed by atoms with Crippen molar-refractivity contribution >= 4 is 16.9 Å². The molecule has 1 fully saturated rings. The molecule has 2 heterocycles. The van der Waals surface area contributed by atoms with Gasteiger partial charge in [0.05, 0.1) is 11.0 Å². The van der Waals surface area contributed by atoms with E-state index in [0.717, 1.165) is 11.0 Å². The standard InChI is InChI=1S/C19H20N4O2/c20-15-10-23(9-14(15)12-4-2-1-3-5-12)19(25)13-6-7-16-17(8-13)22-18(11-24)21-16/h1-8,14-15,24H,9-11,20H2,(H,21,22)/t14-,15+/m1/s1. The van der Waals surface area contributed by atoms with Crippen molar-refractivity contribution in [1.82, 2.24) is 14.9 Å². The number of hydrogen-bond donors (Lipinski definition) is 3. The molecule has 1 aliphatic rings. The monoisotopic (exact) mass is 336 g/mol. The van der Waals surface area contributed by atoms with Crippen LogP contribution in [0.25, 0.3) is 11.0 Å². The minimum atomic E-state index is -0.155. The maximum absolute atomic E-state index is 12.9. The summed E-state index contributed by atoms with van der Waals surface area (Å²) in [7, 11) is 0. The molecule has 0 bridgehead atoms. The van der Waals surface area contributed by atoms with E-state index in [1.54, 1.807) is 18.2 Å². The average molecular weight is 336 g/mol. The van der Waals surface area contributed by atoms with Gasteiger partial charge < -0.3 is 20.7 Å². The number of aliphatic hydroxyl groups excluding tert-OH is 1. The van der Waals surface area contributed by atoms with Crippen LogP contribution in [0.2, 0.25) is 0 Å². The number of H-pyrrole nitrogens is 1. The molecule has 128 valence electrons. The first-order chi connectivity index (χ1) is 12.2. The Bertz CT molecular complexity index is 906. The molecule has 25 heavy (non-hydrogen) atoms. The number of amides is 1. The Morgan fingerprint density at radius 1 is 1.24 bits per heavy atom. The number of carbonyl (C=O) groups excluding carboxylic acids is 1. The molecule has 3 aromatic rings. The van der Waals surface area contributed by atoms with Crippen LogP contribution in [-0.2, 0) is 6.61 Å². The van der Waals surface area contributed by atoms with Crippen molar-refractivity contribution in [1.29, 1.82) is 0 Å². The van der Waals surface area contributed by atoms with Gasteiger partial charge >= 0.3 is 0 Å². The lowest BCUT2D eigenvalue weighted by Crippen LogP contribution is -2.32. The fourth-order valence-electron chi connectivity index (χ4n) is 3.50. The van der Waals surface area contributed by atoms with Gasteiger partial charge in [-0.15, -0.1) is 0 Å². The van der Waals surface area contributed by atoms with E-state index in [0.29, 0.717) is 24.5 Å². The molecule has 4 rings (SSSR count). The number of fused-ring (bicyclic) bond motifs is 1. The molecular weight excluding hydrogens is 316 g/mol. The number of aromatic amines is 1. The maximum Gasteiger partial charge on any atom is 0.254 e. The van der Waals surface area contributed by atoms with Gasteiger partial charge in [-0.25, -0.2) is 4.98 Å². The molecule has 1 saturated heterocycles.